The smallest absolute Gasteiger partial charge is 0.282 e. The number of benzene rings is 3. The van der Waals surface area contributed by atoms with E-state index >= 15 is 0 Å². The molecule has 0 unspecified atom stereocenters. The van der Waals surface area contributed by atoms with E-state index in [0.717, 1.165) is 23.5 Å². The summed E-state index contributed by atoms with van der Waals surface area (Å²) in [5, 5.41) is 2.93. The predicted octanol–water partition coefficient (Wildman–Crippen LogP) is 3.82. The van der Waals surface area contributed by atoms with Gasteiger partial charge in [-0.25, -0.2) is 0 Å². The van der Waals surface area contributed by atoms with Crippen LogP contribution in [0.3, 0.4) is 0 Å². The van der Waals surface area contributed by atoms with Gasteiger partial charge in [-0.3, -0.25) is 4.55 Å². The average Bonchev–Trinajstić information content (AvgIpc) is 2.68. The van der Waals surface area contributed by atoms with Crippen LogP contribution in [0.25, 0.3) is 0 Å². The lowest BCUT2D eigenvalue weighted by atomic mass is 10.2. The highest BCUT2D eigenvalue weighted by molar-refractivity contribution is 7.88. The van der Waals surface area contributed by atoms with E-state index in [2.05, 4.69) is 38.1 Å². The van der Waals surface area contributed by atoms with Crippen molar-refractivity contribution in [3.8, 4) is 0 Å². The van der Waals surface area contributed by atoms with Gasteiger partial charge in [-0.15, -0.1) is 0 Å². The molecule has 27 heavy (non-hydrogen) atoms. The van der Waals surface area contributed by atoms with E-state index in [0.29, 0.717) is 5.30 Å². The van der Waals surface area contributed by atoms with Crippen LogP contribution in [0.5, 0.6) is 0 Å². The molecular weight excluding hydrogens is 375 g/mol. The standard InChI is InChI=1S/C22H23O3PS/c1-3-17-11-5-7-13-19(17)26(20-14-8-6-12-18(20)4-2)21-15-9-10-16-22(21)27(23,24)25/h5-16H,3-4H2,1-2H3,(H,23,24,25). The molecule has 3 aromatic carbocycles. The summed E-state index contributed by atoms with van der Waals surface area (Å²) < 4.78 is 34.0. The van der Waals surface area contributed by atoms with Crippen molar-refractivity contribution in [2.45, 2.75) is 31.6 Å². The van der Waals surface area contributed by atoms with Gasteiger partial charge in [0, 0.05) is 5.30 Å². The van der Waals surface area contributed by atoms with Gasteiger partial charge in [0.25, 0.3) is 10.1 Å². The maximum absolute atomic E-state index is 12.1. The second kappa shape index (κ2) is 8.35. The molecule has 0 aliphatic heterocycles. The number of hydrogen-bond donors (Lipinski definition) is 1. The summed E-state index contributed by atoms with van der Waals surface area (Å²) in [6, 6.07) is 23.2. The van der Waals surface area contributed by atoms with Crippen molar-refractivity contribution < 1.29 is 13.0 Å². The quantitative estimate of drug-likeness (QED) is 0.507. The normalized spacial score (nSPS) is 11.7. The Balaban J connectivity index is 2.37. The third-order valence-electron chi connectivity index (χ3n) is 4.61. The first kappa shape index (κ1) is 19.8. The molecule has 3 nitrogen and oxygen atoms in total. The fraction of sp³-hybridized carbons (Fsp3) is 0.182. The van der Waals surface area contributed by atoms with Crippen molar-refractivity contribution in [1.29, 1.82) is 0 Å². The topological polar surface area (TPSA) is 54.4 Å². The Bertz CT molecular complexity index is 997. The van der Waals surface area contributed by atoms with Gasteiger partial charge in [-0.2, -0.15) is 8.42 Å². The van der Waals surface area contributed by atoms with Gasteiger partial charge in [0.05, 0.1) is 0 Å². The second-order valence-electron chi connectivity index (χ2n) is 6.24. The number of rotatable bonds is 6. The van der Waals surface area contributed by atoms with Crippen LogP contribution in [0.4, 0.5) is 0 Å². The minimum absolute atomic E-state index is 0.00655. The SMILES string of the molecule is CCc1ccccc1P(c1ccccc1CC)c1ccccc1S(=O)(=O)O. The van der Waals surface area contributed by atoms with Gasteiger partial charge >= 0.3 is 0 Å². The first-order chi connectivity index (χ1) is 13.0. The van der Waals surface area contributed by atoms with E-state index < -0.39 is 18.0 Å². The molecule has 3 rings (SSSR count). The molecule has 0 fully saturated rings. The van der Waals surface area contributed by atoms with E-state index in [-0.39, 0.29) is 4.90 Å². The van der Waals surface area contributed by atoms with Crippen molar-refractivity contribution in [2.24, 2.45) is 0 Å². The summed E-state index contributed by atoms with van der Waals surface area (Å²) >= 11 is 0. The average molecular weight is 398 g/mol. The number of aryl methyl sites for hydroxylation is 2. The zero-order chi connectivity index (χ0) is 19.4. The predicted molar refractivity (Wildman–Crippen MR) is 114 cm³/mol. The van der Waals surface area contributed by atoms with Gasteiger partial charge in [0.2, 0.25) is 0 Å². The van der Waals surface area contributed by atoms with Crippen LogP contribution in [0.15, 0.2) is 77.7 Å². The van der Waals surface area contributed by atoms with Crippen LogP contribution in [0, 0.1) is 0 Å². The zero-order valence-corrected chi connectivity index (χ0v) is 17.2. The van der Waals surface area contributed by atoms with Crippen LogP contribution in [-0.4, -0.2) is 13.0 Å². The third kappa shape index (κ3) is 4.14. The van der Waals surface area contributed by atoms with E-state index in [9.17, 15) is 13.0 Å². The molecule has 0 aromatic heterocycles. The third-order valence-corrected chi connectivity index (χ3v) is 8.38. The Kier molecular flexibility index (Phi) is 6.11. The van der Waals surface area contributed by atoms with Crippen molar-refractivity contribution in [3.05, 3.63) is 83.9 Å². The van der Waals surface area contributed by atoms with E-state index in [1.807, 2.05) is 36.4 Å². The van der Waals surface area contributed by atoms with E-state index in [1.165, 1.54) is 17.2 Å². The Labute approximate surface area is 162 Å². The van der Waals surface area contributed by atoms with Gasteiger partial charge in [0.15, 0.2) is 0 Å². The fourth-order valence-corrected chi connectivity index (χ4v) is 7.33. The molecule has 140 valence electrons. The number of hydrogen-bond acceptors (Lipinski definition) is 2. The summed E-state index contributed by atoms with van der Waals surface area (Å²) in [7, 11) is -5.44. The molecule has 1 N–H and O–H groups in total. The second-order valence-corrected chi connectivity index (χ2v) is 9.75. The first-order valence-electron chi connectivity index (χ1n) is 8.99. The summed E-state index contributed by atoms with van der Waals surface area (Å²) in [6.45, 7) is 4.21. The summed E-state index contributed by atoms with van der Waals surface area (Å²) in [5.41, 5.74) is 2.39. The van der Waals surface area contributed by atoms with Crippen LogP contribution in [-0.2, 0) is 23.0 Å². The highest BCUT2D eigenvalue weighted by Crippen LogP contribution is 2.37. The lowest BCUT2D eigenvalue weighted by molar-refractivity contribution is 0.484. The Hall–Kier alpha value is -2.00. The molecule has 0 aliphatic rings. The van der Waals surface area contributed by atoms with Crippen molar-refractivity contribution in [3.63, 3.8) is 0 Å². The lowest BCUT2D eigenvalue weighted by Crippen LogP contribution is -2.28. The highest BCUT2D eigenvalue weighted by Gasteiger charge is 2.27. The van der Waals surface area contributed by atoms with Crippen LogP contribution in [0.2, 0.25) is 0 Å². The molecule has 0 saturated heterocycles. The molecule has 0 amide bonds. The van der Waals surface area contributed by atoms with E-state index in [4.69, 9.17) is 0 Å². The van der Waals surface area contributed by atoms with Gasteiger partial charge in [-0.05, 0) is 48.6 Å². The molecule has 3 aromatic rings. The van der Waals surface area contributed by atoms with Gasteiger partial charge < -0.3 is 0 Å². The molecule has 5 heteroatoms. The fourth-order valence-electron chi connectivity index (χ4n) is 3.31. The zero-order valence-electron chi connectivity index (χ0n) is 15.5. The molecule has 0 saturated carbocycles. The molecule has 0 atom stereocenters. The Morgan fingerprint density at radius 1 is 0.704 bits per heavy atom. The first-order valence-corrected chi connectivity index (χ1v) is 11.8. The maximum Gasteiger partial charge on any atom is 0.295 e. The minimum Gasteiger partial charge on any atom is -0.282 e. The molecular formula is C22H23O3PS. The maximum atomic E-state index is 12.1. The summed E-state index contributed by atoms with van der Waals surface area (Å²) in [6.07, 6.45) is 1.72. The van der Waals surface area contributed by atoms with E-state index in [1.54, 1.807) is 6.07 Å². The largest absolute Gasteiger partial charge is 0.295 e. The minimum atomic E-state index is -4.32. The lowest BCUT2D eigenvalue weighted by Gasteiger charge is -2.25. The molecule has 0 heterocycles. The highest BCUT2D eigenvalue weighted by atomic mass is 32.2. The molecule has 0 spiro atoms. The Morgan fingerprint density at radius 2 is 1.11 bits per heavy atom. The molecule has 0 bridgehead atoms. The van der Waals surface area contributed by atoms with Crippen molar-refractivity contribution >= 4 is 34.0 Å². The van der Waals surface area contributed by atoms with Crippen molar-refractivity contribution in [1.82, 2.24) is 0 Å². The van der Waals surface area contributed by atoms with Gasteiger partial charge in [0.1, 0.15) is 4.90 Å². The van der Waals surface area contributed by atoms with Crippen LogP contribution >= 0.6 is 7.92 Å². The molecule has 0 aliphatic carbocycles. The summed E-state index contributed by atoms with van der Waals surface area (Å²) in [4.78, 5) is -0.00655. The van der Waals surface area contributed by atoms with Crippen LogP contribution in [0.1, 0.15) is 25.0 Å². The van der Waals surface area contributed by atoms with Crippen molar-refractivity contribution in [2.75, 3.05) is 0 Å². The molecule has 0 radical (unpaired) electrons. The van der Waals surface area contributed by atoms with Crippen LogP contribution < -0.4 is 15.9 Å². The van der Waals surface area contributed by atoms with Gasteiger partial charge in [-0.1, -0.05) is 80.6 Å². The Morgan fingerprint density at radius 3 is 1.56 bits per heavy atom. The summed E-state index contributed by atoms with van der Waals surface area (Å²) in [5.74, 6) is 0. The monoisotopic (exact) mass is 398 g/mol.